The van der Waals surface area contributed by atoms with E-state index in [1.165, 1.54) is 19.2 Å². The first-order chi connectivity index (χ1) is 9.60. The summed E-state index contributed by atoms with van der Waals surface area (Å²) < 4.78 is 17.7. The third-order valence-electron chi connectivity index (χ3n) is 3.25. The van der Waals surface area contributed by atoms with Gasteiger partial charge in [-0.15, -0.1) is 0 Å². The van der Waals surface area contributed by atoms with Gasteiger partial charge in [0.15, 0.2) is 0 Å². The van der Waals surface area contributed by atoms with Crippen LogP contribution in [0.5, 0.6) is 0 Å². The normalized spacial score (nSPS) is 22.2. The highest BCUT2D eigenvalue weighted by molar-refractivity contribution is 5.80. The van der Waals surface area contributed by atoms with Crippen molar-refractivity contribution >= 4 is 11.8 Å². The summed E-state index contributed by atoms with van der Waals surface area (Å²) in [6.45, 7) is -0.0272. The second kappa shape index (κ2) is 6.47. The highest BCUT2D eigenvalue weighted by Gasteiger charge is 2.30. The quantitative estimate of drug-likeness (QED) is 0.861. The Morgan fingerprint density at radius 1 is 1.45 bits per heavy atom. The van der Waals surface area contributed by atoms with Crippen LogP contribution in [0.15, 0.2) is 24.3 Å². The molecule has 6 heteroatoms. The smallest absolute Gasteiger partial charge is 0.246 e. The van der Waals surface area contributed by atoms with E-state index in [1.54, 1.807) is 12.1 Å². The minimum absolute atomic E-state index is 0.0272. The van der Waals surface area contributed by atoms with E-state index in [2.05, 4.69) is 10.6 Å². The summed E-state index contributed by atoms with van der Waals surface area (Å²) in [5.74, 6) is -0.645. The zero-order chi connectivity index (χ0) is 14.5. The number of carbonyl (C=O) groups is 2. The van der Waals surface area contributed by atoms with Crippen molar-refractivity contribution in [3.8, 4) is 0 Å². The number of hydrogen-bond acceptors (Lipinski definition) is 3. The average Bonchev–Trinajstić information content (AvgIpc) is 2.42. The Hall–Kier alpha value is -1.95. The van der Waals surface area contributed by atoms with Gasteiger partial charge in [0.25, 0.3) is 0 Å². The molecule has 0 spiro atoms. The predicted octanol–water partition coefficient (Wildman–Crippen LogP) is 0.908. The number of piperidine rings is 1. The Bertz CT molecular complexity index is 490. The maximum atomic E-state index is 13.0. The van der Waals surface area contributed by atoms with E-state index < -0.39 is 0 Å². The highest BCUT2D eigenvalue weighted by atomic mass is 19.1. The molecule has 20 heavy (non-hydrogen) atoms. The van der Waals surface area contributed by atoms with Gasteiger partial charge >= 0.3 is 0 Å². The average molecular weight is 280 g/mol. The van der Waals surface area contributed by atoms with Gasteiger partial charge in [-0.25, -0.2) is 4.39 Å². The number of rotatable bonds is 4. The lowest BCUT2D eigenvalue weighted by Gasteiger charge is -2.33. The van der Waals surface area contributed by atoms with Crippen LogP contribution in [0.2, 0.25) is 0 Å². The molecule has 2 unspecified atom stereocenters. The second-order valence-electron chi connectivity index (χ2n) is 4.74. The van der Waals surface area contributed by atoms with Gasteiger partial charge < -0.3 is 15.4 Å². The molecule has 1 heterocycles. The van der Waals surface area contributed by atoms with Crippen molar-refractivity contribution in [3.05, 3.63) is 35.6 Å². The lowest BCUT2D eigenvalue weighted by Crippen LogP contribution is -2.50. The largest absolute Gasteiger partial charge is 0.375 e. The van der Waals surface area contributed by atoms with Crippen LogP contribution >= 0.6 is 0 Å². The maximum Gasteiger partial charge on any atom is 0.246 e. The van der Waals surface area contributed by atoms with Gasteiger partial charge in [0.05, 0.1) is 12.1 Å². The van der Waals surface area contributed by atoms with Crippen LogP contribution in [-0.2, 0) is 14.3 Å². The third-order valence-corrected chi connectivity index (χ3v) is 3.25. The van der Waals surface area contributed by atoms with Gasteiger partial charge in [0.2, 0.25) is 11.8 Å². The molecule has 1 saturated heterocycles. The monoisotopic (exact) mass is 280 g/mol. The van der Waals surface area contributed by atoms with E-state index in [0.717, 1.165) is 5.56 Å². The fourth-order valence-corrected chi connectivity index (χ4v) is 2.32. The van der Waals surface area contributed by atoms with Gasteiger partial charge in [0.1, 0.15) is 12.4 Å². The number of benzene rings is 1. The first-order valence-corrected chi connectivity index (χ1v) is 6.43. The minimum Gasteiger partial charge on any atom is -0.375 e. The molecule has 2 atom stereocenters. The topological polar surface area (TPSA) is 67.4 Å². The molecule has 1 fully saturated rings. The number of carbonyl (C=O) groups excluding carboxylic acids is 2. The summed E-state index contributed by atoms with van der Waals surface area (Å²) >= 11 is 0. The van der Waals surface area contributed by atoms with E-state index in [-0.39, 0.29) is 36.3 Å². The highest BCUT2D eigenvalue weighted by Crippen LogP contribution is 2.24. The fraction of sp³-hybridized carbons (Fsp3) is 0.429. The van der Waals surface area contributed by atoms with Crippen LogP contribution < -0.4 is 10.6 Å². The molecule has 0 aliphatic carbocycles. The van der Waals surface area contributed by atoms with Crippen molar-refractivity contribution in [1.29, 1.82) is 0 Å². The summed E-state index contributed by atoms with van der Waals surface area (Å²) in [6, 6.07) is 5.33. The Balaban J connectivity index is 2.13. The van der Waals surface area contributed by atoms with Crippen LogP contribution in [0.3, 0.4) is 0 Å². The van der Waals surface area contributed by atoms with Crippen LogP contribution in [0.25, 0.3) is 0 Å². The van der Waals surface area contributed by atoms with Crippen LogP contribution in [0.4, 0.5) is 4.39 Å². The molecule has 0 saturated carbocycles. The molecule has 1 aromatic carbocycles. The number of ether oxygens (including phenoxy) is 1. The summed E-state index contributed by atoms with van der Waals surface area (Å²) in [6.07, 6.45) is 0.902. The van der Waals surface area contributed by atoms with E-state index in [4.69, 9.17) is 4.74 Å². The van der Waals surface area contributed by atoms with Crippen LogP contribution in [-0.4, -0.2) is 31.6 Å². The molecule has 0 bridgehead atoms. The van der Waals surface area contributed by atoms with Crippen molar-refractivity contribution in [2.75, 3.05) is 13.7 Å². The molecule has 2 amide bonds. The minimum atomic E-state index is -0.349. The van der Waals surface area contributed by atoms with Gasteiger partial charge in [-0.1, -0.05) is 12.1 Å². The molecule has 1 aliphatic heterocycles. The summed E-state index contributed by atoms with van der Waals surface area (Å²) in [5, 5.41) is 5.66. The van der Waals surface area contributed by atoms with Crippen LogP contribution in [0.1, 0.15) is 24.4 Å². The predicted molar refractivity (Wildman–Crippen MR) is 70.3 cm³/mol. The zero-order valence-electron chi connectivity index (χ0n) is 11.2. The molecule has 0 radical (unpaired) electrons. The van der Waals surface area contributed by atoms with E-state index in [9.17, 15) is 14.0 Å². The van der Waals surface area contributed by atoms with Crippen molar-refractivity contribution in [2.45, 2.75) is 24.9 Å². The number of methoxy groups -OCH3 is 1. The molecular formula is C14H17FN2O3. The standard InChI is InChI=1S/C14H17FN2O3/c1-20-8-13(19)16-11-6-7-12(18)17-14(11)9-2-4-10(15)5-3-9/h2-5,11,14H,6-8H2,1H3,(H,16,19)(H,17,18). The van der Waals surface area contributed by atoms with Gasteiger partial charge in [-0.3, -0.25) is 9.59 Å². The van der Waals surface area contributed by atoms with Crippen molar-refractivity contribution in [3.63, 3.8) is 0 Å². The number of hydrogen-bond donors (Lipinski definition) is 2. The molecule has 2 rings (SSSR count). The first kappa shape index (κ1) is 14.5. The zero-order valence-corrected chi connectivity index (χ0v) is 11.2. The summed E-state index contributed by atoms with van der Waals surface area (Å²) in [7, 11) is 1.44. The number of nitrogens with one attached hydrogen (secondary N) is 2. The Morgan fingerprint density at radius 3 is 2.80 bits per heavy atom. The maximum absolute atomic E-state index is 13.0. The SMILES string of the molecule is COCC(=O)NC1CCC(=O)NC1c1ccc(F)cc1. The van der Waals surface area contributed by atoms with Crippen LogP contribution in [0, 0.1) is 5.82 Å². The first-order valence-electron chi connectivity index (χ1n) is 6.43. The third kappa shape index (κ3) is 3.54. The molecule has 1 aliphatic rings. The second-order valence-corrected chi connectivity index (χ2v) is 4.74. The van der Waals surface area contributed by atoms with Gasteiger partial charge in [-0.2, -0.15) is 0 Å². The van der Waals surface area contributed by atoms with E-state index >= 15 is 0 Å². The molecule has 1 aromatic rings. The van der Waals surface area contributed by atoms with E-state index in [1.807, 2.05) is 0 Å². The van der Waals surface area contributed by atoms with Gasteiger partial charge in [-0.05, 0) is 24.1 Å². The molecule has 0 aromatic heterocycles. The summed E-state index contributed by atoms with van der Waals surface area (Å²) in [5.41, 5.74) is 0.766. The van der Waals surface area contributed by atoms with Gasteiger partial charge in [0, 0.05) is 13.5 Å². The number of amides is 2. The fourth-order valence-electron chi connectivity index (χ4n) is 2.32. The van der Waals surface area contributed by atoms with E-state index in [0.29, 0.717) is 12.8 Å². The summed E-state index contributed by atoms with van der Waals surface area (Å²) in [4.78, 5) is 23.2. The molecule has 5 nitrogen and oxygen atoms in total. The van der Waals surface area contributed by atoms with Crippen molar-refractivity contribution < 1.29 is 18.7 Å². The Labute approximate surface area is 116 Å². The Kier molecular flexibility index (Phi) is 4.68. The number of halogens is 1. The molecule has 2 N–H and O–H groups in total. The van der Waals surface area contributed by atoms with Crippen molar-refractivity contribution in [1.82, 2.24) is 10.6 Å². The Morgan fingerprint density at radius 2 is 2.15 bits per heavy atom. The lowest BCUT2D eigenvalue weighted by atomic mass is 9.92. The molecular weight excluding hydrogens is 263 g/mol. The molecule has 108 valence electrons. The lowest BCUT2D eigenvalue weighted by molar-refractivity contribution is -0.129. The van der Waals surface area contributed by atoms with Crippen molar-refractivity contribution in [2.24, 2.45) is 0 Å².